The van der Waals surface area contributed by atoms with Gasteiger partial charge >= 0.3 is 0 Å². The van der Waals surface area contributed by atoms with E-state index >= 15 is 0 Å². The van der Waals surface area contributed by atoms with Gasteiger partial charge in [0.15, 0.2) is 5.11 Å². The van der Waals surface area contributed by atoms with E-state index in [2.05, 4.69) is 16.0 Å². The predicted octanol–water partition coefficient (Wildman–Crippen LogP) is 2.84. The van der Waals surface area contributed by atoms with Crippen molar-refractivity contribution in [3.8, 4) is 17.2 Å². The van der Waals surface area contributed by atoms with Gasteiger partial charge in [0.05, 0.1) is 31.5 Å². The van der Waals surface area contributed by atoms with Crippen molar-refractivity contribution in [2.75, 3.05) is 19.5 Å². The van der Waals surface area contributed by atoms with Crippen LogP contribution in [-0.4, -0.2) is 30.3 Å². The maximum absolute atomic E-state index is 13.2. The van der Waals surface area contributed by atoms with E-state index in [1.165, 1.54) is 7.11 Å². The van der Waals surface area contributed by atoms with E-state index < -0.39 is 6.04 Å². The lowest BCUT2D eigenvalue weighted by Gasteiger charge is -2.30. The molecule has 0 fully saturated rings. The number of allylic oxidation sites excluding steroid dienone is 1. The zero-order valence-corrected chi connectivity index (χ0v) is 16.5. The first-order valence-corrected chi connectivity index (χ1v) is 8.94. The highest BCUT2D eigenvalue weighted by Gasteiger charge is 2.30. The molecule has 0 bridgehead atoms. The number of anilines is 1. The molecule has 3 rings (SSSR count). The molecule has 0 spiro atoms. The number of hydrogen-bond donors (Lipinski definition) is 4. The van der Waals surface area contributed by atoms with Crippen molar-refractivity contribution in [3.05, 3.63) is 59.3 Å². The average Bonchev–Trinajstić information content (AvgIpc) is 2.67. The second-order valence-corrected chi connectivity index (χ2v) is 6.59. The molecule has 0 aromatic heterocycles. The van der Waals surface area contributed by atoms with Crippen molar-refractivity contribution >= 4 is 28.9 Å². The molecule has 4 N–H and O–H groups in total. The Kier molecular flexibility index (Phi) is 5.70. The summed E-state index contributed by atoms with van der Waals surface area (Å²) in [6.07, 6.45) is 0. The first-order valence-electron chi connectivity index (χ1n) is 8.53. The van der Waals surface area contributed by atoms with E-state index in [1.807, 2.05) is 0 Å². The van der Waals surface area contributed by atoms with Crippen LogP contribution in [0.15, 0.2) is 53.7 Å². The van der Waals surface area contributed by atoms with Gasteiger partial charge in [0.25, 0.3) is 5.91 Å². The molecule has 2 aromatic carbocycles. The van der Waals surface area contributed by atoms with Crippen molar-refractivity contribution in [1.82, 2.24) is 10.6 Å². The molecule has 1 aliphatic heterocycles. The van der Waals surface area contributed by atoms with Gasteiger partial charge in [-0.25, -0.2) is 0 Å². The molecular formula is C20H21N3O4S. The summed E-state index contributed by atoms with van der Waals surface area (Å²) in [6, 6.07) is 11.3. The Morgan fingerprint density at radius 1 is 1.14 bits per heavy atom. The number of methoxy groups -OCH3 is 2. The number of rotatable bonds is 5. The molecule has 0 saturated heterocycles. The second kappa shape index (κ2) is 8.18. The van der Waals surface area contributed by atoms with Crippen molar-refractivity contribution < 1.29 is 19.4 Å². The largest absolute Gasteiger partial charge is 0.508 e. The fourth-order valence-corrected chi connectivity index (χ4v) is 3.28. The molecule has 146 valence electrons. The SMILES string of the molecule is COc1ccc(OC)c(NC(=O)C2=C(C)NC(=S)NC2c2ccc(O)cc2)c1. The van der Waals surface area contributed by atoms with Crippen LogP contribution < -0.4 is 25.4 Å². The Morgan fingerprint density at radius 3 is 2.50 bits per heavy atom. The van der Waals surface area contributed by atoms with Crippen LogP contribution in [0.1, 0.15) is 18.5 Å². The highest BCUT2D eigenvalue weighted by molar-refractivity contribution is 7.80. The third-order valence-electron chi connectivity index (χ3n) is 4.40. The molecular weight excluding hydrogens is 378 g/mol. The highest BCUT2D eigenvalue weighted by Crippen LogP contribution is 2.32. The Balaban J connectivity index is 1.97. The fraction of sp³-hybridized carbons (Fsp3) is 0.200. The van der Waals surface area contributed by atoms with Crippen molar-refractivity contribution in [1.29, 1.82) is 0 Å². The minimum atomic E-state index is -0.467. The van der Waals surface area contributed by atoms with Crippen LogP contribution in [0, 0.1) is 0 Å². The van der Waals surface area contributed by atoms with E-state index in [9.17, 15) is 9.90 Å². The number of carbonyl (C=O) groups excluding carboxylic acids is 1. The number of hydrogen-bond acceptors (Lipinski definition) is 5. The molecule has 28 heavy (non-hydrogen) atoms. The highest BCUT2D eigenvalue weighted by atomic mass is 32.1. The van der Waals surface area contributed by atoms with Crippen LogP contribution in [0.4, 0.5) is 5.69 Å². The monoisotopic (exact) mass is 399 g/mol. The molecule has 1 aliphatic rings. The van der Waals surface area contributed by atoms with Gasteiger partial charge in [-0.3, -0.25) is 4.79 Å². The third kappa shape index (κ3) is 4.01. The molecule has 1 atom stereocenters. The van der Waals surface area contributed by atoms with E-state index in [1.54, 1.807) is 56.5 Å². The summed E-state index contributed by atoms with van der Waals surface area (Å²) in [7, 11) is 3.08. The van der Waals surface area contributed by atoms with Crippen LogP contribution in [0.5, 0.6) is 17.2 Å². The minimum Gasteiger partial charge on any atom is -0.508 e. The molecule has 0 radical (unpaired) electrons. The Morgan fingerprint density at radius 2 is 1.86 bits per heavy atom. The molecule has 2 aromatic rings. The maximum Gasteiger partial charge on any atom is 0.255 e. The molecule has 0 saturated carbocycles. The summed E-state index contributed by atoms with van der Waals surface area (Å²) in [4.78, 5) is 13.2. The summed E-state index contributed by atoms with van der Waals surface area (Å²) in [5, 5.41) is 19.0. The van der Waals surface area contributed by atoms with Gasteiger partial charge in [-0.05, 0) is 49.0 Å². The molecule has 1 unspecified atom stereocenters. The number of aromatic hydroxyl groups is 1. The number of carbonyl (C=O) groups is 1. The molecule has 1 amide bonds. The van der Waals surface area contributed by atoms with Gasteiger partial charge in [-0.15, -0.1) is 0 Å². The van der Waals surface area contributed by atoms with Gasteiger partial charge in [-0.1, -0.05) is 12.1 Å². The summed E-state index contributed by atoms with van der Waals surface area (Å²) >= 11 is 5.25. The average molecular weight is 399 g/mol. The van der Waals surface area contributed by atoms with Crippen molar-refractivity contribution in [3.63, 3.8) is 0 Å². The Labute approximate surface area is 168 Å². The number of phenols is 1. The summed E-state index contributed by atoms with van der Waals surface area (Å²) in [6.45, 7) is 1.79. The first-order chi connectivity index (χ1) is 13.4. The number of benzene rings is 2. The zero-order valence-electron chi connectivity index (χ0n) is 15.7. The van der Waals surface area contributed by atoms with E-state index in [0.29, 0.717) is 33.6 Å². The van der Waals surface area contributed by atoms with Crippen molar-refractivity contribution in [2.24, 2.45) is 0 Å². The van der Waals surface area contributed by atoms with Gasteiger partial charge in [-0.2, -0.15) is 0 Å². The van der Waals surface area contributed by atoms with E-state index in [4.69, 9.17) is 21.7 Å². The number of nitrogens with one attached hydrogen (secondary N) is 3. The molecule has 7 nitrogen and oxygen atoms in total. The molecule has 0 aliphatic carbocycles. The first kappa shape index (κ1) is 19.5. The lowest BCUT2D eigenvalue weighted by atomic mass is 9.95. The molecule has 8 heteroatoms. The maximum atomic E-state index is 13.2. The lowest BCUT2D eigenvalue weighted by Crippen LogP contribution is -2.45. The van der Waals surface area contributed by atoms with Gasteiger partial charge in [0.1, 0.15) is 17.2 Å². The van der Waals surface area contributed by atoms with Crippen LogP contribution in [0.2, 0.25) is 0 Å². The normalized spacial score (nSPS) is 16.1. The number of amides is 1. The molecule has 1 heterocycles. The number of ether oxygens (including phenoxy) is 2. The lowest BCUT2D eigenvalue weighted by molar-refractivity contribution is -0.113. The smallest absolute Gasteiger partial charge is 0.255 e. The van der Waals surface area contributed by atoms with Crippen LogP contribution in [0.25, 0.3) is 0 Å². The van der Waals surface area contributed by atoms with E-state index in [-0.39, 0.29) is 11.7 Å². The van der Waals surface area contributed by atoms with Crippen LogP contribution in [-0.2, 0) is 4.79 Å². The van der Waals surface area contributed by atoms with Crippen LogP contribution in [0.3, 0.4) is 0 Å². The quantitative estimate of drug-likeness (QED) is 0.575. The fourth-order valence-electron chi connectivity index (χ4n) is 3.01. The Hall–Kier alpha value is -3.26. The summed E-state index contributed by atoms with van der Waals surface area (Å²) in [5.41, 5.74) is 2.40. The third-order valence-corrected chi connectivity index (χ3v) is 4.61. The predicted molar refractivity (Wildman–Crippen MR) is 111 cm³/mol. The van der Waals surface area contributed by atoms with Gasteiger partial charge < -0.3 is 30.5 Å². The van der Waals surface area contributed by atoms with Gasteiger partial charge in [0, 0.05) is 11.8 Å². The summed E-state index contributed by atoms with van der Waals surface area (Å²) < 4.78 is 10.6. The van der Waals surface area contributed by atoms with Crippen molar-refractivity contribution in [2.45, 2.75) is 13.0 Å². The summed E-state index contributed by atoms with van der Waals surface area (Å²) in [5.74, 6) is 0.941. The van der Waals surface area contributed by atoms with Crippen LogP contribution >= 0.6 is 12.2 Å². The number of phenolic OH excluding ortho intramolecular Hbond substituents is 1. The standard InChI is InChI=1S/C20H21N3O4S/c1-11-17(18(23-20(28)21-11)12-4-6-13(24)7-5-12)19(25)22-15-10-14(26-2)8-9-16(15)27-3/h4-10,18,24H,1-3H3,(H,22,25)(H2,21,23,28). The Bertz CT molecular complexity index is 941. The van der Waals surface area contributed by atoms with Gasteiger partial charge in [0.2, 0.25) is 0 Å². The number of thiocarbonyl (C=S) groups is 1. The zero-order chi connectivity index (χ0) is 20.3. The topological polar surface area (TPSA) is 91.9 Å². The second-order valence-electron chi connectivity index (χ2n) is 6.18. The van der Waals surface area contributed by atoms with E-state index in [0.717, 1.165) is 5.56 Å². The minimum absolute atomic E-state index is 0.146.